The van der Waals surface area contributed by atoms with Crippen molar-refractivity contribution >= 4 is 22.4 Å². The molecule has 0 radical (unpaired) electrons. The zero-order chi connectivity index (χ0) is 23.0. The highest BCUT2D eigenvalue weighted by molar-refractivity contribution is 7.15. The molecule has 1 saturated heterocycles. The Labute approximate surface area is 195 Å². The summed E-state index contributed by atoms with van der Waals surface area (Å²) in [6, 6.07) is 0.224. The molecule has 1 aliphatic carbocycles. The third-order valence-corrected chi connectivity index (χ3v) is 8.08. The largest absolute Gasteiger partial charge is 0.353 e. The Morgan fingerprint density at radius 1 is 1.24 bits per heavy atom. The van der Waals surface area contributed by atoms with Crippen LogP contribution in [0.4, 0.5) is 13.9 Å². The Morgan fingerprint density at radius 2 is 2.03 bits per heavy atom. The van der Waals surface area contributed by atoms with Crippen molar-refractivity contribution in [2.45, 2.75) is 70.4 Å². The van der Waals surface area contributed by atoms with E-state index in [1.54, 1.807) is 23.2 Å². The van der Waals surface area contributed by atoms with Gasteiger partial charge in [-0.1, -0.05) is 5.16 Å². The number of rotatable bonds is 7. The number of anilines is 1. The molecule has 8 nitrogen and oxygen atoms in total. The molecule has 11 heteroatoms. The monoisotopic (exact) mass is 480 g/mol. The normalized spacial score (nSPS) is 24.9. The van der Waals surface area contributed by atoms with Gasteiger partial charge in [0.1, 0.15) is 0 Å². The van der Waals surface area contributed by atoms with E-state index in [-0.39, 0.29) is 31.5 Å². The first kappa shape index (κ1) is 22.6. The molecule has 0 unspecified atom stereocenters. The highest BCUT2D eigenvalue weighted by atomic mass is 32.1. The van der Waals surface area contributed by atoms with Gasteiger partial charge >= 0.3 is 0 Å². The Bertz CT molecular complexity index is 979. The SMILES string of the molecule is Cc1nc(CC(=O)N[C@H]2CC[C@H](CCN3CCc4sc(N5CC(F)(F)C5)nc4C3)CC2)no1. The van der Waals surface area contributed by atoms with Gasteiger partial charge in [0.2, 0.25) is 11.8 Å². The summed E-state index contributed by atoms with van der Waals surface area (Å²) in [4.78, 5) is 26.4. The van der Waals surface area contributed by atoms with Crippen molar-refractivity contribution in [1.29, 1.82) is 0 Å². The maximum Gasteiger partial charge on any atom is 0.282 e. The third kappa shape index (κ3) is 5.51. The third-order valence-electron chi connectivity index (χ3n) is 6.86. The number of hydrogen-bond acceptors (Lipinski definition) is 8. The molecule has 2 aromatic rings. The fourth-order valence-corrected chi connectivity index (χ4v) is 6.06. The van der Waals surface area contributed by atoms with Gasteiger partial charge in [0, 0.05) is 30.9 Å². The number of thiazole rings is 1. The number of amides is 1. The van der Waals surface area contributed by atoms with Crippen LogP contribution in [-0.4, -0.2) is 64.1 Å². The molecule has 0 spiro atoms. The number of nitrogens with one attached hydrogen (secondary N) is 1. The predicted molar refractivity (Wildman–Crippen MR) is 119 cm³/mol. The summed E-state index contributed by atoms with van der Waals surface area (Å²) >= 11 is 1.58. The van der Waals surface area contributed by atoms with Crippen molar-refractivity contribution in [3.8, 4) is 0 Å². The van der Waals surface area contributed by atoms with Gasteiger partial charge in [0.25, 0.3) is 5.92 Å². The second-order valence-corrected chi connectivity index (χ2v) is 10.6. The highest BCUT2D eigenvalue weighted by Crippen LogP contribution is 2.37. The molecule has 4 heterocycles. The van der Waals surface area contributed by atoms with E-state index >= 15 is 0 Å². The average Bonchev–Trinajstić information content (AvgIpc) is 3.36. The van der Waals surface area contributed by atoms with Gasteiger partial charge in [0.15, 0.2) is 11.0 Å². The summed E-state index contributed by atoms with van der Waals surface area (Å²) in [5.41, 5.74) is 1.07. The number of aryl methyl sites for hydroxylation is 1. The van der Waals surface area contributed by atoms with Gasteiger partial charge in [-0.05, 0) is 51.0 Å². The lowest BCUT2D eigenvalue weighted by Crippen LogP contribution is -2.56. The molecule has 180 valence electrons. The zero-order valence-corrected chi connectivity index (χ0v) is 19.7. The number of alkyl halides is 2. The van der Waals surface area contributed by atoms with E-state index in [0.717, 1.165) is 69.0 Å². The van der Waals surface area contributed by atoms with Crippen molar-refractivity contribution in [2.75, 3.05) is 31.1 Å². The molecule has 2 fully saturated rings. The smallest absolute Gasteiger partial charge is 0.282 e. The summed E-state index contributed by atoms with van der Waals surface area (Å²) < 4.78 is 31.3. The lowest BCUT2D eigenvalue weighted by atomic mass is 9.84. The van der Waals surface area contributed by atoms with E-state index in [0.29, 0.717) is 17.6 Å². The Balaban J connectivity index is 1.02. The molecule has 0 bridgehead atoms. The van der Waals surface area contributed by atoms with Crippen LogP contribution in [-0.2, 0) is 24.2 Å². The van der Waals surface area contributed by atoms with Crippen molar-refractivity contribution in [3.63, 3.8) is 0 Å². The van der Waals surface area contributed by atoms with E-state index in [9.17, 15) is 13.6 Å². The first-order valence-corrected chi connectivity index (χ1v) is 12.6. The molecule has 1 amide bonds. The van der Waals surface area contributed by atoms with Crippen LogP contribution in [0.3, 0.4) is 0 Å². The topological polar surface area (TPSA) is 87.4 Å². The molecule has 0 aromatic carbocycles. The standard InChI is InChI=1S/C22H30F2N6O2S/c1-14-25-19(28-32-14)10-20(31)26-16-4-2-15(3-5-16)6-8-29-9-7-18-17(11-29)27-21(33-18)30-12-22(23,24)13-30/h15-16H,2-13H2,1H3,(H,26,31)/t15-,16-. The fourth-order valence-electron chi connectivity index (χ4n) is 5.01. The van der Waals surface area contributed by atoms with Crippen LogP contribution in [0.1, 0.15) is 54.4 Å². The molecule has 1 N–H and O–H groups in total. The van der Waals surface area contributed by atoms with Gasteiger partial charge in [-0.3, -0.25) is 9.69 Å². The molecule has 0 atom stereocenters. The van der Waals surface area contributed by atoms with Gasteiger partial charge in [-0.25, -0.2) is 13.8 Å². The van der Waals surface area contributed by atoms with Crippen LogP contribution in [0, 0.1) is 12.8 Å². The number of carbonyl (C=O) groups excluding carboxylic acids is 1. The molecule has 5 rings (SSSR count). The van der Waals surface area contributed by atoms with Gasteiger partial charge in [-0.15, -0.1) is 11.3 Å². The van der Waals surface area contributed by atoms with Crippen LogP contribution in [0.15, 0.2) is 4.52 Å². The highest BCUT2D eigenvalue weighted by Gasteiger charge is 2.45. The van der Waals surface area contributed by atoms with Crippen LogP contribution >= 0.6 is 11.3 Å². The summed E-state index contributed by atoms with van der Waals surface area (Å²) in [6.45, 7) is 4.16. The second-order valence-electron chi connectivity index (χ2n) is 9.58. The molecule has 3 aliphatic rings. The Hall–Kier alpha value is -2.14. The number of hydrogen-bond donors (Lipinski definition) is 1. The summed E-state index contributed by atoms with van der Waals surface area (Å²) in [7, 11) is 0. The zero-order valence-electron chi connectivity index (χ0n) is 18.9. The van der Waals surface area contributed by atoms with Crippen molar-refractivity contribution < 1.29 is 18.1 Å². The quantitative estimate of drug-likeness (QED) is 0.652. The molecule has 33 heavy (non-hydrogen) atoms. The minimum atomic E-state index is -2.56. The molecular formula is C22H30F2N6O2S. The van der Waals surface area contributed by atoms with Crippen LogP contribution in [0.25, 0.3) is 0 Å². The van der Waals surface area contributed by atoms with Crippen molar-refractivity contribution in [2.24, 2.45) is 5.92 Å². The van der Waals surface area contributed by atoms with Gasteiger partial charge in [-0.2, -0.15) is 4.98 Å². The molecular weight excluding hydrogens is 450 g/mol. The van der Waals surface area contributed by atoms with Crippen LogP contribution in [0.2, 0.25) is 0 Å². The number of aromatic nitrogens is 3. The van der Waals surface area contributed by atoms with E-state index in [1.165, 1.54) is 4.88 Å². The van der Waals surface area contributed by atoms with E-state index in [1.807, 2.05) is 0 Å². The van der Waals surface area contributed by atoms with Crippen molar-refractivity contribution in [1.82, 2.24) is 25.3 Å². The molecule has 2 aliphatic heterocycles. The van der Waals surface area contributed by atoms with Gasteiger partial charge in [0.05, 0.1) is 25.2 Å². The van der Waals surface area contributed by atoms with E-state index in [4.69, 9.17) is 4.52 Å². The minimum absolute atomic E-state index is 0.0482. The average molecular weight is 481 g/mol. The molecule has 2 aromatic heterocycles. The first-order chi connectivity index (χ1) is 15.8. The minimum Gasteiger partial charge on any atom is -0.353 e. The maximum atomic E-state index is 13.2. The summed E-state index contributed by atoms with van der Waals surface area (Å²) in [6.07, 6.45) is 6.50. The number of fused-ring (bicyclic) bond motifs is 1. The summed E-state index contributed by atoms with van der Waals surface area (Å²) in [5, 5.41) is 7.64. The van der Waals surface area contributed by atoms with Crippen molar-refractivity contribution in [3.05, 3.63) is 22.3 Å². The number of halogens is 2. The lowest BCUT2D eigenvalue weighted by molar-refractivity contribution is -0.121. The predicted octanol–water partition coefficient (Wildman–Crippen LogP) is 2.96. The maximum absolute atomic E-state index is 13.2. The lowest BCUT2D eigenvalue weighted by Gasteiger charge is -2.38. The summed E-state index contributed by atoms with van der Waals surface area (Å²) in [5.74, 6) is -1.03. The fraction of sp³-hybridized carbons (Fsp3) is 0.727. The molecule has 1 saturated carbocycles. The Morgan fingerprint density at radius 3 is 2.73 bits per heavy atom. The second kappa shape index (κ2) is 9.25. The van der Waals surface area contributed by atoms with Crippen LogP contribution < -0.4 is 10.2 Å². The first-order valence-electron chi connectivity index (χ1n) is 11.8. The van der Waals surface area contributed by atoms with Crippen LogP contribution in [0.5, 0.6) is 0 Å². The Kier molecular flexibility index (Phi) is 6.34. The van der Waals surface area contributed by atoms with E-state index < -0.39 is 5.92 Å². The number of nitrogens with zero attached hydrogens (tertiary/aromatic N) is 5. The number of carbonyl (C=O) groups is 1. The van der Waals surface area contributed by atoms with Gasteiger partial charge < -0.3 is 14.7 Å². The van der Waals surface area contributed by atoms with E-state index in [2.05, 4.69) is 25.3 Å².